The number of anilines is 2. The molecule has 3 nitrogen and oxygen atoms in total. The second-order valence-electron chi connectivity index (χ2n) is 4.57. The first-order valence-electron chi connectivity index (χ1n) is 6.95. The maximum Gasteiger partial charge on any atom is 0.176 e. The molecular weight excluding hydrogens is 302 g/mol. The van der Waals surface area contributed by atoms with Crippen LogP contribution in [0.5, 0.6) is 0 Å². The van der Waals surface area contributed by atoms with Gasteiger partial charge < -0.3 is 10.6 Å². The maximum absolute atomic E-state index is 6.08. The molecule has 0 amide bonds. The highest BCUT2D eigenvalue weighted by Crippen LogP contribution is 2.23. The van der Waals surface area contributed by atoms with Crippen molar-refractivity contribution in [2.24, 2.45) is 0 Å². The molecule has 0 spiro atoms. The van der Waals surface area contributed by atoms with Crippen LogP contribution in [0.4, 0.5) is 11.5 Å². The van der Waals surface area contributed by atoms with E-state index in [2.05, 4.69) is 47.7 Å². The van der Waals surface area contributed by atoms with Gasteiger partial charge in [0.2, 0.25) is 0 Å². The average Bonchev–Trinajstić information content (AvgIpc) is 2.49. The average molecular weight is 320 g/mol. The van der Waals surface area contributed by atoms with Crippen molar-refractivity contribution in [3.05, 3.63) is 52.7 Å². The number of para-hydroxylation sites is 1. The Hall–Kier alpha value is -1.65. The number of aryl methyl sites for hydroxylation is 2. The van der Waals surface area contributed by atoms with Crippen LogP contribution in [0.3, 0.4) is 0 Å². The SMILES string of the molecule is CCc1cccc(CC)c1NC(=S)Nc1ncccc1Cl. The van der Waals surface area contributed by atoms with E-state index in [9.17, 15) is 0 Å². The van der Waals surface area contributed by atoms with Crippen molar-refractivity contribution in [2.45, 2.75) is 26.7 Å². The number of aromatic nitrogens is 1. The van der Waals surface area contributed by atoms with Crippen molar-refractivity contribution in [2.75, 3.05) is 10.6 Å². The molecule has 2 rings (SSSR count). The van der Waals surface area contributed by atoms with Crippen LogP contribution in [0.25, 0.3) is 0 Å². The van der Waals surface area contributed by atoms with Gasteiger partial charge in [-0.05, 0) is 48.3 Å². The first kappa shape index (κ1) is 15.7. The minimum atomic E-state index is 0.492. The predicted molar refractivity (Wildman–Crippen MR) is 94.3 cm³/mol. The van der Waals surface area contributed by atoms with Gasteiger partial charge in [0.15, 0.2) is 10.9 Å². The van der Waals surface area contributed by atoms with Gasteiger partial charge in [-0.1, -0.05) is 43.6 Å². The summed E-state index contributed by atoms with van der Waals surface area (Å²) in [6.07, 6.45) is 3.57. The quantitative estimate of drug-likeness (QED) is 0.803. The highest BCUT2D eigenvalue weighted by atomic mass is 35.5. The summed E-state index contributed by atoms with van der Waals surface area (Å²) in [4.78, 5) is 4.17. The third-order valence-corrected chi connectivity index (χ3v) is 3.74. The molecule has 21 heavy (non-hydrogen) atoms. The summed E-state index contributed by atoms with van der Waals surface area (Å²) in [6, 6.07) is 9.85. The Balaban J connectivity index is 2.18. The number of thiocarbonyl (C=S) groups is 1. The van der Waals surface area contributed by atoms with Crippen LogP contribution in [0.1, 0.15) is 25.0 Å². The Labute approximate surface area is 135 Å². The third kappa shape index (κ3) is 3.93. The van der Waals surface area contributed by atoms with Crippen LogP contribution in [0.15, 0.2) is 36.5 Å². The number of nitrogens with one attached hydrogen (secondary N) is 2. The molecular formula is C16H18ClN3S. The van der Waals surface area contributed by atoms with Gasteiger partial charge in [0.1, 0.15) is 0 Å². The zero-order valence-corrected chi connectivity index (χ0v) is 13.7. The van der Waals surface area contributed by atoms with Crippen molar-refractivity contribution in [3.63, 3.8) is 0 Å². The van der Waals surface area contributed by atoms with Gasteiger partial charge in [-0.25, -0.2) is 4.98 Å². The second kappa shape index (κ2) is 7.38. The molecule has 0 saturated carbocycles. The van der Waals surface area contributed by atoms with Gasteiger partial charge in [-0.2, -0.15) is 0 Å². The fourth-order valence-corrected chi connectivity index (χ4v) is 2.50. The van der Waals surface area contributed by atoms with E-state index in [1.54, 1.807) is 18.3 Å². The molecule has 2 aromatic rings. The van der Waals surface area contributed by atoms with Crippen LogP contribution in [-0.2, 0) is 12.8 Å². The van der Waals surface area contributed by atoms with Crippen LogP contribution >= 0.6 is 23.8 Å². The number of hydrogen-bond acceptors (Lipinski definition) is 2. The van der Waals surface area contributed by atoms with Crippen molar-refractivity contribution in [1.29, 1.82) is 0 Å². The summed E-state index contributed by atoms with van der Waals surface area (Å²) < 4.78 is 0. The molecule has 0 radical (unpaired) electrons. The monoisotopic (exact) mass is 319 g/mol. The molecule has 5 heteroatoms. The molecule has 0 aliphatic rings. The highest BCUT2D eigenvalue weighted by Gasteiger charge is 2.09. The van der Waals surface area contributed by atoms with Crippen molar-refractivity contribution in [1.82, 2.24) is 4.98 Å². The minimum absolute atomic E-state index is 0.492. The highest BCUT2D eigenvalue weighted by molar-refractivity contribution is 7.80. The lowest BCUT2D eigenvalue weighted by Crippen LogP contribution is -2.21. The minimum Gasteiger partial charge on any atom is -0.332 e. The lowest BCUT2D eigenvalue weighted by Gasteiger charge is -2.17. The van der Waals surface area contributed by atoms with Crippen LogP contribution in [0, 0.1) is 0 Å². The maximum atomic E-state index is 6.08. The topological polar surface area (TPSA) is 37.0 Å². The second-order valence-corrected chi connectivity index (χ2v) is 5.39. The normalized spacial score (nSPS) is 10.2. The van der Waals surface area contributed by atoms with E-state index in [1.165, 1.54) is 11.1 Å². The number of benzene rings is 1. The van der Waals surface area contributed by atoms with Crippen LogP contribution < -0.4 is 10.6 Å². The standard InChI is InChI=1S/C16H18ClN3S/c1-3-11-7-5-8-12(4-2)14(11)19-16(21)20-15-13(17)9-6-10-18-15/h5-10H,3-4H2,1-2H3,(H2,18,19,20,21). The Morgan fingerprint density at radius 3 is 2.33 bits per heavy atom. The summed E-state index contributed by atoms with van der Waals surface area (Å²) in [6.45, 7) is 4.26. The molecule has 1 heterocycles. The molecule has 0 bridgehead atoms. The predicted octanol–water partition coefficient (Wildman–Crippen LogP) is 4.67. The largest absolute Gasteiger partial charge is 0.332 e. The number of rotatable bonds is 4. The van der Waals surface area contributed by atoms with E-state index in [1.807, 2.05) is 0 Å². The van der Waals surface area contributed by atoms with E-state index in [0.29, 0.717) is 16.0 Å². The smallest absolute Gasteiger partial charge is 0.176 e. The van der Waals surface area contributed by atoms with E-state index >= 15 is 0 Å². The van der Waals surface area contributed by atoms with E-state index in [0.717, 1.165) is 18.5 Å². The summed E-state index contributed by atoms with van der Waals surface area (Å²) in [5.74, 6) is 0.559. The van der Waals surface area contributed by atoms with Gasteiger partial charge in [0.05, 0.1) is 5.02 Å². The number of pyridine rings is 1. The molecule has 0 unspecified atom stereocenters. The zero-order chi connectivity index (χ0) is 15.2. The summed E-state index contributed by atoms with van der Waals surface area (Å²) >= 11 is 11.4. The molecule has 1 aromatic heterocycles. The Morgan fingerprint density at radius 1 is 1.10 bits per heavy atom. The van der Waals surface area contributed by atoms with Gasteiger partial charge in [0.25, 0.3) is 0 Å². The molecule has 0 aliphatic heterocycles. The van der Waals surface area contributed by atoms with Gasteiger partial charge >= 0.3 is 0 Å². The fourth-order valence-electron chi connectivity index (χ4n) is 2.13. The van der Waals surface area contributed by atoms with Crippen molar-refractivity contribution >= 4 is 40.4 Å². The fraction of sp³-hybridized carbons (Fsp3) is 0.250. The molecule has 1 aromatic carbocycles. The molecule has 0 saturated heterocycles. The molecule has 0 fully saturated rings. The number of halogens is 1. The Morgan fingerprint density at radius 2 is 1.76 bits per heavy atom. The Kier molecular flexibility index (Phi) is 5.53. The van der Waals surface area contributed by atoms with Crippen LogP contribution in [0.2, 0.25) is 5.02 Å². The Bertz CT molecular complexity index is 621. The van der Waals surface area contributed by atoms with E-state index in [-0.39, 0.29) is 0 Å². The molecule has 2 N–H and O–H groups in total. The lowest BCUT2D eigenvalue weighted by molar-refractivity contribution is 1.09. The summed E-state index contributed by atoms with van der Waals surface area (Å²) in [5, 5.41) is 7.35. The number of hydrogen-bond donors (Lipinski definition) is 2. The third-order valence-electron chi connectivity index (χ3n) is 3.23. The van der Waals surface area contributed by atoms with E-state index in [4.69, 9.17) is 23.8 Å². The van der Waals surface area contributed by atoms with Crippen molar-refractivity contribution in [3.8, 4) is 0 Å². The first-order valence-corrected chi connectivity index (χ1v) is 7.73. The lowest BCUT2D eigenvalue weighted by atomic mass is 10.0. The van der Waals surface area contributed by atoms with Gasteiger partial charge in [0, 0.05) is 11.9 Å². The molecule has 0 atom stereocenters. The summed E-state index contributed by atoms with van der Waals surface area (Å²) in [5.41, 5.74) is 3.56. The summed E-state index contributed by atoms with van der Waals surface area (Å²) in [7, 11) is 0. The molecule has 110 valence electrons. The van der Waals surface area contributed by atoms with E-state index < -0.39 is 0 Å². The van der Waals surface area contributed by atoms with Crippen molar-refractivity contribution < 1.29 is 0 Å². The number of nitrogens with zero attached hydrogens (tertiary/aromatic N) is 1. The van der Waals surface area contributed by atoms with Gasteiger partial charge in [-0.3, -0.25) is 0 Å². The van der Waals surface area contributed by atoms with Crippen LogP contribution in [-0.4, -0.2) is 10.1 Å². The molecule has 0 aliphatic carbocycles. The first-order chi connectivity index (χ1) is 10.2. The van der Waals surface area contributed by atoms with Gasteiger partial charge in [-0.15, -0.1) is 0 Å². The zero-order valence-electron chi connectivity index (χ0n) is 12.1.